The van der Waals surface area contributed by atoms with Crippen LogP contribution in [0.2, 0.25) is 0 Å². The van der Waals surface area contributed by atoms with Gasteiger partial charge in [0.15, 0.2) is 0 Å². The molecule has 2 amide bonds. The first kappa shape index (κ1) is 28.4. The number of aliphatic carboxylic acids is 1. The Morgan fingerprint density at radius 1 is 1.10 bits per heavy atom. The molecule has 11 heteroatoms. The lowest BCUT2D eigenvalue weighted by Crippen LogP contribution is -2.55. The number of carboxylic acid groups (broad SMARTS) is 1. The molecule has 222 valence electrons. The van der Waals surface area contributed by atoms with Gasteiger partial charge in [0, 0.05) is 12.1 Å². The van der Waals surface area contributed by atoms with Crippen molar-refractivity contribution in [2.24, 2.45) is 5.92 Å². The molecule has 1 aliphatic carbocycles. The van der Waals surface area contributed by atoms with Crippen LogP contribution in [0.1, 0.15) is 57.8 Å². The summed E-state index contributed by atoms with van der Waals surface area (Å²) in [5.74, 6) is -2.20. The summed E-state index contributed by atoms with van der Waals surface area (Å²) in [5, 5.41) is 16.6. The van der Waals surface area contributed by atoms with Gasteiger partial charge in [-0.25, -0.2) is 14.2 Å². The van der Waals surface area contributed by atoms with Crippen molar-refractivity contribution >= 4 is 45.0 Å². The van der Waals surface area contributed by atoms with E-state index in [4.69, 9.17) is 4.74 Å². The normalized spacial score (nSPS) is 28.6. The standard InChI is InChI=1S/C31H35FN4O5S/c32-20-13-14-23-26(15-20)42-30(34-23)41-22-16-25-27(37)35-31(29(39)40)17-19(31)9-5-2-1-3-8-12-24(28(38)36(25)18-22)33-21-10-6-4-7-11-21/h4,6-7,10-11,13-15,19,22,24-25,33H,1-3,5,8-9,12,16-18H2,(H,35,37)(H,39,40)/t19-,22-,24+,25+,31-/m1/s1. The number of para-hydroxylation sites is 1. The molecule has 2 saturated heterocycles. The molecule has 42 heavy (non-hydrogen) atoms. The first-order chi connectivity index (χ1) is 20.3. The first-order valence-electron chi connectivity index (χ1n) is 14.7. The number of nitrogens with one attached hydrogen (secondary N) is 2. The topological polar surface area (TPSA) is 121 Å². The van der Waals surface area contributed by atoms with Crippen LogP contribution in [-0.2, 0) is 14.4 Å². The number of anilines is 1. The van der Waals surface area contributed by atoms with E-state index in [2.05, 4.69) is 15.6 Å². The Balaban J connectivity index is 1.28. The molecule has 0 spiro atoms. The summed E-state index contributed by atoms with van der Waals surface area (Å²) >= 11 is 1.21. The molecule has 3 aliphatic rings. The molecule has 3 fully saturated rings. The van der Waals surface area contributed by atoms with E-state index in [1.807, 2.05) is 30.3 Å². The summed E-state index contributed by atoms with van der Waals surface area (Å²) < 4.78 is 20.5. The number of carbonyl (C=O) groups is 3. The number of amides is 2. The minimum absolute atomic E-state index is 0.114. The van der Waals surface area contributed by atoms with E-state index in [-0.39, 0.29) is 30.6 Å². The van der Waals surface area contributed by atoms with Crippen molar-refractivity contribution in [3.8, 4) is 5.19 Å². The Bertz CT molecular complexity index is 1470. The number of benzene rings is 2. The summed E-state index contributed by atoms with van der Waals surface area (Å²) in [6.45, 7) is 0.150. The summed E-state index contributed by atoms with van der Waals surface area (Å²) in [7, 11) is 0. The lowest BCUT2D eigenvalue weighted by molar-refractivity contribution is -0.145. The third-order valence-corrected chi connectivity index (χ3v) is 9.65. The lowest BCUT2D eigenvalue weighted by atomic mass is 10.0. The number of fused-ring (bicyclic) bond motifs is 3. The van der Waals surface area contributed by atoms with Crippen molar-refractivity contribution in [2.45, 2.75) is 81.5 Å². The van der Waals surface area contributed by atoms with E-state index in [1.54, 1.807) is 11.0 Å². The highest BCUT2D eigenvalue weighted by atomic mass is 32.1. The van der Waals surface area contributed by atoms with Gasteiger partial charge in [-0.3, -0.25) is 9.59 Å². The van der Waals surface area contributed by atoms with E-state index < -0.39 is 35.6 Å². The zero-order chi connectivity index (χ0) is 29.3. The fraction of sp³-hybridized carbons (Fsp3) is 0.484. The predicted molar refractivity (Wildman–Crippen MR) is 157 cm³/mol. The Kier molecular flexibility index (Phi) is 8.02. The third-order valence-electron chi connectivity index (χ3n) is 8.74. The summed E-state index contributed by atoms with van der Waals surface area (Å²) in [4.78, 5) is 46.2. The number of carboxylic acids is 1. The van der Waals surface area contributed by atoms with Crippen LogP contribution in [-0.4, -0.2) is 63.0 Å². The molecular formula is C31H35FN4O5S. The zero-order valence-electron chi connectivity index (χ0n) is 23.3. The van der Waals surface area contributed by atoms with Gasteiger partial charge in [-0.05, 0) is 55.5 Å². The van der Waals surface area contributed by atoms with E-state index in [0.29, 0.717) is 28.3 Å². The van der Waals surface area contributed by atoms with E-state index in [1.165, 1.54) is 23.5 Å². The van der Waals surface area contributed by atoms with Crippen LogP contribution >= 0.6 is 11.3 Å². The van der Waals surface area contributed by atoms with Crippen LogP contribution in [0.15, 0.2) is 48.5 Å². The molecule has 0 bridgehead atoms. The smallest absolute Gasteiger partial charge is 0.329 e. The van der Waals surface area contributed by atoms with Crippen molar-refractivity contribution in [2.75, 3.05) is 11.9 Å². The number of halogens is 1. The molecule has 5 atom stereocenters. The van der Waals surface area contributed by atoms with Crippen LogP contribution in [0.3, 0.4) is 0 Å². The molecule has 0 unspecified atom stereocenters. The number of aromatic nitrogens is 1. The van der Waals surface area contributed by atoms with Gasteiger partial charge >= 0.3 is 5.97 Å². The summed E-state index contributed by atoms with van der Waals surface area (Å²) in [6, 6.07) is 12.4. The fourth-order valence-corrected chi connectivity index (χ4v) is 7.26. The highest BCUT2D eigenvalue weighted by Crippen LogP contribution is 2.47. The number of carbonyl (C=O) groups excluding carboxylic acids is 2. The summed E-state index contributed by atoms with van der Waals surface area (Å²) in [5.41, 5.74) is 0.131. The number of thiazole rings is 1. The molecule has 3 N–H and O–H groups in total. The van der Waals surface area contributed by atoms with Crippen LogP contribution in [0.25, 0.3) is 10.2 Å². The lowest BCUT2D eigenvalue weighted by Gasteiger charge is -2.30. The van der Waals surface area contributed by atoms with Gasteiger partial charge in [0.1, 0.15) is 29.5 Å². The second-order valence-electron chi connectivity index (χ2n) is 11.6. The molecule has 1 saturated carbocycles. The molecule has 9 nitrogen and oxygen atoms in total. The maximum absolute atomic E-state index is 14.2. The molecule has 2 aliphatic heterocycles. The van der Waals surface area contributed by atoms with Gasteiger partial charge in [0.2, 0.25) is 11.8 Å². The molecule has 2 aromatic carbocycles. The number of hydrogen-bond donors (Lipinski definition) is 3. The van der Waals surface area contributed by atoms with Crippen molar-refractivity contribution in [1.29, 1.82) is 0 Å². The highest BCUT2D eigenvalue weighted by Gasteiger charge is 2.62. The van der Waals surface area contributed by atoms with E-state index in [9.17, 15) is 23.9 Å². The number of rotatable bonds is 5. The minimum Gasteiger partial charge on any atom is -0.479 e. The van der Waals surface area contributed by atoms with Crippen LogP contribution in [0.5, 0.6) is 5.19 Å². The molecule has 1 aromatic heterocycles. The number of hydrogen-bond acceptors (Lipinski definition) is 7. The Labute approximate surface area is 247 Å². The largest absolute Gasteiger partial charge is 0.479 e. The van der Waals surface area contributed by atoms with Gasteiger partial charge in [0.25, 0.3) is 5.19 Å². The molecular weight excluding hydrogens is 559 g/mol. The quantitative estimate of drug-likeness (QED) is 0.382. The second kappa shape index (κ2) is 11.9. The molecule has 6 rings (SSSR count). The van der Waals surface area contributed by atoms with E-state index >= 15 is 0 Å². The van der Waals surface area contributed by atoms with Gasteiger partial charge in [-0.1, -0.05) is 61.6 Å². The highest BCUT2D eigenvalue weighted by molar-refractivity contribution is 7.20. The number of ether oxygens (including phenoxy) is 1. The van der Waals surface area contributed by atoms with Crippen LogP contribution in [0.4, 0.5) is 10.1 Å². The van der Waals surface area contributed by atoms with Crippen molar-refractivity contribution < 1.29 is 28.6 Å². The molecule has 3 heterocycles. The molecule has 0 radical (unpaired) electrons. The summed E-state index contributed by atoms with van der Waals surface area (Å²) in [6.07, 6.45) is 6.16. The van der Waals surface area contributed by atoms with Gasteiger partial charge in [0.05, 0.1) is 16.8 Å². The zero-order valence-corrected chi connectivity index (χ0v) is 24.1. The van der Waals surface area contributed by atoms with Crippen LogP contribution in [0, 0.1) is 11.7 Å². The fourth-order valence-electron chi connectivity index (χ4n) is 6.36. The second-order valence-corrected chi connectivity index (χ2v) is 12.6. The SMILES string of the molecule is O=C1N[C@]2(C(=O)O)C[C@H]2CCCCCCC[C@H](Nc2ccccc2)C(=O)N2C[C@H](Oc3nc4ccc(F)cc4s3)C[C@@H]12. The minimum atomic E-state index is -1.29. The van der Waals surface area contributed by atoms with Gasteiger partial charge in [-0.2, -0.15) is 0 Å². The van der Waals surface area contributed by atoms with Crippen molar-refractivity contribution in [3.63, 3.8) is 0 Å². The van der Waals surface area contributed by atoms with Gasteiger partial charge in [-0.15, -0.1) is 0 Å². The Morgan fingerprint density at radius 3 is 2.64 bits per heavy atom. The maximum Gasteiger partial charge on any atom is 0.329 e. The van der Waals surface area contributed by atoms with Crippen molar-refractivity contribution in [1.82, 2.24) is 15.2 Å². The average Bonchev–Trinajstić information content (AvgIpc) is 3.29. The monoisotopic (exact) mass is 594 g/mol. The molecule has 3 aromatic rings. The third kappa shape index (κ3) is 5.92. The Hall–Kier alpha value is -3.73. The Morgan fingerprint density at radius 2 is 1.86 bits per heavy atom. The number of nitrogens with zero attached hydrogens (tertiary/aromatic N) is 2. The predicted octanol–water partition coefficient (Wildman–Crippen LogP) is 4.97. The maximum atomic E-state index is 14.2. The van der Waals surface area contributed by atoms with Crippen LogP contribution < -0.4 is 15.4 Å². The first-order valence-corrected chi connectivity index (χ1v) is 15.5. The average molecular weight is 595 g/mol. The van der Waals surface area contributed by atoms with Gasteiger partial charge < -0.3 is 25.4 Å². The van der Waals surface area contributed by atoms with E-state index in [0.717, 1.165) is 44.2 Å². The van der Waals surface area contributed by atoms with Crippen molar-refractivity contribution in [3.05, 3.63) is 54.3 Å².